The van der Waals surface area contributed by atoms with E-state index in [1.54, 1.807) is 0 Å². The average Bonchev–Trinajstić information content (AvgIpc) is 3.45. The van der Waals surface area contributed by atoms with Gasteiger partial charge in [-0.2, -0.15) is 5.10 Å². The fraction of sp³-hybridized carbons (Fsp3) is 0.500. The quantitative estimate of drug-likeness (QED) is 0.695. The molecular weight excluding hydrogens is 364 g/mol. The summed E-state index contributed by atoms with van der Waals surface area (Å²) in [6, 6.07) is 10.2. The molecule has 29 heavy (non-hydrogen) atoms. The molecule has 0 spiro atoms. The summed E-state index contributed by atoms with van der Waals surface area (Å²) in [4.78, 5) is 12.4. The highest BCUT2D eigenvalue weighted by molar-refractivity contribution is 5.87. The number of fused-ring (bicyclic) bond motifs is 1. The van der Waals surface area contributed by atoms with Crippen molar-refractivity contribution in [1.82, 2.24) is 24.6 Å². The first-order valence-corrected chi connectivity index (χ1v) is 10.7. The summed E-state index contributed by atoms with van der Waals surface area (Å²) < 4.78 is 7.38. The number of nitrogens with zero attached hydrogens (tertiary/aromatic N) is 5. The molecule has 0 unspecified atom stereocenters. The number of hydrogen-bond donors (Lipinski definition) is 1. The molecule has 1 N–H and O–H groups in total. The summed E-state index contributed by atoms with van der Waals surface area (Å²) >= 11 is 0. The maximum atomic E-state index is 5.45. The van der Waals surface area contributed by atoms with E-state index in [0.717, 1.165) is 67.8 Å². The lowest BCUT2D eigenvalue weighted by Gasteiger charge is -2.26. The average molecular weight is 393 g/mol. The van der Waals surface area contributed by atoms with Gasteiger partial charge in [-0.05, 0) is 25.0 Å². The first kappa shape index (κ1) is 18.5. The van der Waals surface area contributed by atoms with Gasteiger partial charge in [-0.1, -0.05) is 31.0 Å². The topological polar surface area (TPSA) is 68.1 Å². The molecule has 2 fully saturated rings. The van der Waals surface area contributed by atoms with Crippen LogP contribution in [0, 0.1) is 0 Å². The number of ether oxygens (including phenoxy) is 1. The van der Waals surface area contributed by atoms with E-state index in [1.807, 2.05) is 29.1 Å². The molecule has 7 nitrogen and oxygen atoms in total. The molecule has 7 heteroatoms. The summed E-state index contributed by atoms with van der Waals surface area (Å²) in [6.45, 7) is 5.49. The smallest absolute Gasteiger partial charge is 0.168 e. The van der Waals surface area contributed by atoms with Crippen molar-refractivity contribution in [2.45, 2.75) is 31.6 Å². The minimum Gasteiger partial charge on any atom is -0.379 e. The van der Waals surface area contributed by atoms with Gasteiger partial charge in [0, 0.05) is 32.1 Å². The number of nitrogens with one attached hydrogen (secondary N) is 1. The molecule has 1 saturated heterocycles. The van der Waals surface area contributed by atoms with E-state index in [4.69, 9.17) is 14.7 Å². The second kappa shape index (κ2) is 8.47. The van der Waals surface area contributed by atoms with Crippen LogP contribution in [-0.4, -0.2) is 64.0 Å². The van der Waals surface area contributed by atoms with E-state index >= 15 is 0 Å². The summed E-state index contributed by atoms with van der Waals surface area (Å²) in [5, 5.41) is 9.20. The number of benzene rings is 1. The summed E-state index contributed by atoms with van der Waals surface area (Å²) in [7, 11) is 0. The number of aromatic nitrogens is 4. The van der Waals surface area contributed by atoms with Crippen LogP contribution in [0.25, 0.3) is 16.7 Å². The number of hydrogen-bond acceptors (Lipinski definition) is 6. The van der Waals surface area contributed by atoms with Crippen LogP contribution in [-0.2, 0) is 4.74 Å². The SMILES string of the molecule is c1ccc(-n2ncc3c(NCCN4CCOCC4)nc(C4CCCC4)nc32)cc1. The van der Waals surface area contributed by atoms with Crippen molar-refractivity contribution in [3.8, 4) is 5.69 Å². The zero-order valence-electron chi connectivity index (χ0n) is 16.8. The Morgan fingerprint density at radius 3 is 2.62 bits per heavy atom. The molecule has 2 aliphatic rings. The number of para-hydroxylation sites is 1. The van der Waals surface area contributed by atoms with E-state index in [9.17, 15) is 0 Å². The predicted octanol–water partition coefficient (Wildman–Crippen LogP) is 3.22. The van der Waals surface area contributed by atoms with Gasteiger partial charge >= 0.3 is 0 Å². The third-order valence-electron chi connectivity index (χ3n) is 5.99. The second-order valence-corrected chi connectivity index (χ2v) is 7.92. The van der Waals surface area contributed by atoms with E-state index in [1.165, 1.54) is 25.7 Å². The summed E-state index contributed by atoms with van der Waals surface area (Å²) in [5.41, 5.74) is 1.92. The minimum absolute atomic E-state index is 0.457. The van der Waals surface area contributed by atoms with Gasteiger partial charge in [0.1, 0.15) is 11.6 Å². The maximum Gasteiger partial charge on any atom is 0.168 e. The molecule has 1 aliphatic heterocycles. The molecule has 2 aromatic heterocycles. The predicted molar refractivity (Wildman–Crippen MR) is 114 cm³/mol. The Bertz CT molecular complexity index is 945. The Balaban J connectivity index is 1.45. The van der Waals surface area contributed by atoms with Gasteiger partial charge in [-0.3, -0.25) is 4.90 Å². The van der Waals surface area contributed by atoms with Crippen LogP contribution in [0.1, 0.15) is 37.4 Å². The van der Waals surface area contributed by atoms with Crippen molar-refractivity contribution >= 4 is 16.9 Å². The van der Waals surface area contributed by atoms with E-state index < -0.39 is 0 Å². The summed E-state index contributed by atoms with van der Waals surface area (Å²) in [6.07, 6.45) is 6.78. The molecule has 1 saturated carbocycles. The zero-order chi connectivity index (χ0) is 19.5. The van der Waals surface area contributed by atoms with E-state index in [0.29, 0.717) is 5.92 Å². The molecular formula is C22H28N6O. The van der Waals surface area contributed by atoms with Crippen LogP contribution < -0.4 is 5.32 Å². The molecule has 1 aromatic carbocycles. The molecule has 3 aromatic rings. The Morgan fingerprint density at radius 1 is 1.03 bits per heavy atom. The van der Waals surface area contributed by atoms with Gasteiger partial charge in [-0.25, -0.2) is 14.6 Å². The Hall–Kier alpha value is -2.51. The molecule has 1 aliphatic carbocycles. The van der Waals surface area contributed by atoms with Crippen LogP contribution in [0.2, 0.25) is 0 Å². The monoisotopic (exact) mass is 392 g/mol. The van der Waals surface area contributed by atoms with Gasteiger partial charge < -0.3 is 10.1 Å². The van der Waals surface area contributed by atoms with Crippen LogP contribution >= 0.6 is 0 Å². The van der Waals surface area contributed by atoms with Crippen molar-refractivity contribution in [3.63, 3.8) is 0 Å². The molecule has 5 rings (SSSR count). The lowest BCUT2D eigenvalue weighted by atomic mass is 10.1. The highest BCUT2D eigenvalue weighted by atomic mass is 16.5. The Labute approximate surface area is 171 Å². The molecule has 0 atom stereocenters. The van der Waals surface area contributed by atoms with Crippen LogP contribution in [0.3, 0.4) is 0 Å². The third-order valence-corrected chi connectivity index (χ3v) is 5.99. The van der Waals surface area contributed by atoms with Crippen molar-refractivity contribution in [2.75, 3.05) is 44.7 Å². The normalized spacial score (nSPS) is 18.5. The van der Waals surface area contributed by atoms with Crippen LogP contribution in [0.4, 0.5) is 5.82 Å². The molecule has 0 radical (unpaired) electrons. The lowest BCUT2D eigenvalue weighted by molar-refractivity contribution is 0.0398. The third kappa shape index (κ3) is 3.97. The van der Waals surface area contributed by atoms with Gasteiger partial charge in [0.15, 0.2) is 5.65 Å². The van der Waals surface area contributed by atoms with Gasteiger partial charge in [0.2, 0.25) is 0 Å². The Kier molecular flexibility index (Phi) is 5.41. The van der Waals surface area contributed by atoms with Crippen LogP contribution in [0.15, 0.2) is 36.5 Å². The number of morpholine rings is 1. The fourth-order valence-corrected chi connectivity index (χ4v) is 4.34. The van der Waals surface area contributed by atoms with E-state index in [2.05, 4.69) is 27.4 Å². The molecule has 0 bridgehead atoms. The van der Waals surface area contributed by atoms with E-state index in [-0.39, 0.29) is 0 Å². The second-order valence-electron chi connectivity index (χ2n) is 7.92. The van der Waals surface area contributed by atoms with Crippen LogP contribution in [0.5, 0.6) is 0 Å². The fourth-order valence-electron chi connectivity index (χ4n) is 4.34. The largest absolute Gasteiger partial charge is 0.379 e. The first-order valence-electron chi connectivity index (χ1n) is 10.7. The summed E-state index contributed by atoms with van der Waals surface area (Å²) in [5.74, 6) is 2.33. The molecule has 3 heterocycles. The van der Waals surface area contributed by atoms with Crippen molar-refractivity contribution < 1.29 is 4.74 Å². The van der Waals surface area contributed by atoms with Gasteiger partial charge in [0.25, 0.3) is 0 Å². The minimum atomic E-state index is 0.457. The first-order chi connectivity index (χ1) is 14.4. The van der Waals surface area contributed by atoms with Gasteiger partial charge in [-0.15, -0.1) is 0 Å². The molecule has 152 valence electrons. The molecule has 0 amide bonds. The van der Waals surface area contributed by atoms with Gasteiger partial charge in [0.05, 0.1) is 30.5 Å². The number of rotatable bonds is 6. The van der Waals surface area contributed by atoms with Crippen molar-refractivity contribution in [2.24, 2.45) is 0 Å². The zero-order valence-corrected chi connectivity index (χ0v) is 16.8. The van der Waals surface area contributed by atoms with Crippen molar-refractivity contribution in [1.29, 1.82) is 0 Å². The number of anilines is 1. The maximum absolute atomic E-state index is 5.45. The standard InChI is InChI=1S/C22H28N6O/c1-2-8-18(9-3-1)28-22-19(16-24-28)21(23-10-11-27-12-14-29-15-13-27)25-20(26-22)17-6-4-5-7-17/h1-3,8-9,16-17H,4-7,10-15H2,(H,23,25,26). The highest BCUT2D eigenvalue weighted by Crippen LogP contribution is 2.34. The highest BCUT2D eigenvalue weighted by Gasteiger charge is 2.23. The lowest BCUT2D eigenvalue weighted by Crippen LogP contribution is -2.39. The van der Waals surface area contributed by atoms with Crippen molar-refractivity contribution in [3.05, 3.63) is 42.4 Å². The Morgan fingerprint density at radius 2 is 1.83 bits per heavy atom.